The van der Waals surface area contributed by atoms with Crippen molar-refractivity contribution in [3.63, 3.8) is 0 Å². The summed E-state index contributed by atoms with van der Waals surface area (Å²) in [5.41, 5.74) is 2.02. The van der Waals surface area contributed by atoms with Crippen LogP contribution in [-0.2, 0) is 11.2 Å². The fraction of sp³-hybridized carbons (Fsp3) is 0.524. The summed E-state index contributed by atoms with van der Waals surface area (Å²) in [4.78, 5) is 17.3. The topological polar surface area (TPSA) is 42.0 Å². The SMILES string of the molecule is O=C(Cc1csc(-c2ccccc2)n1)NC1C2CC3CC(C2)CC1C3. The van der Waals surface area contributed by atoms with E-state index >= 15 is 0 Å². The molecule has 4 aliphatic rings. The van der Waals surface area contributed by atoms with Crippen LogP contribution in [0.15, 0.2) is 35.7 Å². The second-order valence-electron chi connectivity index (χ2n) is 8.21. The summed E-state index contributed by atoms with van der Waals surface area (Å²) in [6.07, 6.45) is 7.22. The molecular weight excluding hydrogens is 328 g/mol. The first-order valence-corrected chi connectivity index (χ1v) is 10.4. The fourth-order valence-electron chi connectivity index (χ4n) is 5.66. The molecule has 130 valence electrons. The zero-order valence-electron chi connectivity index (χ0n) is 14.4. The third kappa shape index (κ3) is 3.01. The lowest BCUT2D eigenvalue weighted by Gasteiger charge is -2.54. The van der Waals surface area contributed by atoms with Gasteiger partial charge in [0.2, 0.25) is 5.91 Å². The maximum Gasteiger partial charge on any atom is 0.226 e. The molecule has 2 aromatic rings. The molecule has 25 heavy (non-hydrogen) atoms. The molecule has 6 rings (SSSR count). The quantitative estimate of drug-likeness (QED) is 0.892. The first-order valence-electron chi connectivity index (χ1n) is 9.54. The van der Waals surface area contributed by atoms with Crippen molar-refractivity contribution in [2.45, 2.75) is 44.6 Å². The summed E-state index contributed by atoms with van der Waals surface area (Å²) in [5, 5.41) is 6.41. The third-order valence-electron chi connectivity index (χ3n) is 6.47. The molecule has 0 unspecified atom stereocenters. The van der Waals surface area contributed by atoms with Gasteiger partial charge in [0.25, 0.3) is 0 Å². The molecule has 1 heterocycles. The predicted molar refractivity (Wildman–Crippen MR) is 100 cm³/mol. The third-order valence-corrected chi connectivity index (χ3v) is 7.41. The Hall–Kier alpha value is -1.68. The van der Waals surface area contributed by atoms with Gasteiger partial charge in [-0.05, 0) is 55.8 Å². The largest absolute Gasteiger partial charge is 0.352 e. The van der Waals surface area contributed by atoms with Crippen LogP contribution in [0.3, 0.4) is 0 Å². The maximum absolute atomic E-state index is 12.6. The van der Waals surface area contributed by atoms with E-state index in [4.69, 9.17) is 0 Å². The van der Waals surface area contributed by atoms with Crippen LogP contribution < -0.4 is 5.32 Å². The highest BCUT2D eigenvalue weighted by Crippen LogP contribution is 2.53. The molecule has 4 fully saturated rings. The molecular formula is C21H24N2OS. The Balaban J connectivity index is 1.23. The summed E-state index contributed by atoms with van der Waals surface area (Å²) in [6, 6.07) is 10.6. The van der Waals surface area contributed by atoms with Crippen molar-refractivity contribution in [2.24, 2.45) is 23.7 Å². The van der Waals surface area contributed by atoms with E-state index < -0.39 is 0 Å². The van der Waals surface area contributed by atoms with Crippen molar-refractivity contribution in [1.82, 2.24) is 10.3 Å². The first kappa shape index (κ1) is 15.6. The number of nitrogens with zero attached hydrogens (tertiary/aromatic N) is 1. The molecule has 4 aliphatic carbocycles. The Morgan fingerprint density at radius 1 is 1.04 bits per heavy atom. The van der Waals surface area contributed by atoms with E-state index in [0.29, 0.717) is 12.5 Å². The van der Waals surface area contributed by atoms with E-state index in [9.17, 15) is 4.79 Å². The molecule has 0 saturated heterocycles. The van der Waals surface area contributed by atoms with E-state index in [1.165, 1.54) is 32.1 Å². The summed E-state index contributed by atoms with van der Waals surface area (Å²) < 4.78 is 0. The number of rotatable bonds is 4. The van der Waals surface area contributed by atoms with Crippen LogP contribution in [-0.4, -0.2) is 16.9 Å². The Morgan fingerprint density at radius 3 is 2.40 bits per heavy atom. The highest BCUT2D eigenvalue weighted by atomic mass is 32.1. The predicted octanol–water partition coefficient (Wildman–Crippen LogP) is 4.29. The second-order valence-corrected chi connectivity index (χ2v) is 9.07. The molecule has 4 heteroatoms. The van der Waals surface area contributed by atoms with Crippen LogP contribution in [0.4, 0.5) is 0 Å². The van der Waals surface area contributed by atoms with Gasteiger partial charge in [-0.2, -0.15) is 0 Å². The lowest BCUT2D eigenvalue weighted by atomic mass is 9.54. The van der Waals surface area contributed by atoms with Gasteiger partial charge in [-0.15, -0.1) is 11.3 Å². The van der Waals surface area contributed by atoms with Gasteiger partial charge in [0, 0.05) is 17.0 Å². The van der Waals surface area contributed by atoms with E-state index in [0.717, 1.165) is 39.9 Å². The highest BCUT2D eigenvalue weighted by molar-refractivity contribution is 7.13. The van der Waals surface area contributed by atoms with Gasteiger partial charge in [-0.3, -0.25) is 4.79 Å². The van der Waals surface area contributed by atoms with Gasteiger partial charge < -0.3 is 5.32 Å². The van der Waals surface area contributed by atoms with Crippen molar-refractivity contribution >= 4 is 17.2 Å². The average Bonchev–Trinajstić information content (AvgIpc) is 3.07. The number of hydrogen-bond donors (Lipinski definition) is 1. The number of benzene rings is 1. The monoisotopic (exact) mass is 352 g/mol. The molecule has 1 aromatic heterocycles. The Bertz CT molecular complexity index is 741. The zero-order chi connectivity index (χ0) is 16.8. The van der Waals surface area contributed by atoms with Gasteiger partial charge in [0.15, 0.2) is 0 Å². The summed E-state index contributed by atoms with van der Waals surface area (Å²) >= 11 is 1.62. The van der Waals surface area contributed by atoms with Crippen LogP contribution in [0.1, 0.15) is 37.8 Å². The van der Waals surface area contributed by atoms with Crippen LogP contribution in [0.5, 0.6) is 0 Å². The van der Waals surface area contributed by atoms with Crippen LogP contribution >= 0.6 is 11.3 Å². The minimum Gasteiger partial charge on any atom is -0.352 e. The summed E-state index contributed by atoms with van der Waals surface area (Å²) in [6.45, 7) is 0. The molecule has 1 aromatic carbocycles. The van der Waals surface area contributed by atoms with Crippen LogP contribution in [0.2, 0.25) is 0 Å². The van der Waals surface area contributed by atoms with Gasteiger partial charge >= 0.3 is 0 Å². The minimum atomic E-state index is 0.155. The van der Waals surface area contributed by atoms with Crippen molar-refractivity contribution in [1.29, 1.82) is 0 Å². The van der Waals surface area contributed by atoms with Crippen molar-refractivity contribution in [3.05, 3.63) is 41.4 Å². The number of aromatic nitrogens is 1. The number of thiazole rings is 1. The van der Waals surface area contributed by atoms with E-state index in [1.54, 1.807) is 11.3 Å². The Kier molecular flexibility index (Phi) is 3.89. The van der Waals surface area contributed by atoms with Gasteiger partial charge in [0.05, 0.1) is 12.1 Å². The molecule has 0 aliphatic heterocycles. The number of carbonyl (C=O) groups is 1. The molecule has 0 spiro atoms. The van der Waals surface area contributed by atoms with Crippen LogP contribution in [0, 0.1) is 23.7 Å². The molecule has 0 atom stereocenters. The number of amides is 1. The first-order chi connectivity index (χ1) is 12.2. The molecule has 4 bridgehead atoms. The zero-order valence-corrected chi connectivity index (χ0v) is 15.2. The van der Waals surface area contributed by atoms with Crippen molar-refractivity contribution in [2.75, 3.05) is 0 Å². The minimum absolute atomic E-state index is 0.155. The summed E-state index contributed by atoms with van der Waals surface area (Å²) in [5.74, 6) is 3.51. The number of carbonyl (C=O) groups excluding carboxylic acids is 1. The Morgan fingerprint density at radius 2 is 1.72 bits per heavy atom. The molecule has 4 saturated carbocycles. The molecule has 3 nitrogen and oxygen atoms in total. The normalized spacial score (nSPS) is 32.7. The smallest absolute Gasteiger partial charge is 0.226 e. The molecule has 1 N–H and O–H groups in total. The molecule has 0 radical (unpaired) electrons. The second kappa shape index (κ2) is 6.24. The number of nitrogens with one attached hydrogen (secondary N) is 1. The standard InChI is InChI=1S/C21H24N2OS/c24-19(11-18-12-25-21(22-18)15-4-2-1-3-5-15)23-20-16-7-13-6-14(9-16)10-17(20)8-13/h1-5,12-14,16-17,20H,6-11H2,(H,23,24). The van der Waals surface area contributed by atoms with Crippen molar-refractivity contribution in [3.8, 4) is 10.6 Å². The number of hydrogen-bond acceptors (Lipinski definition) is 3. The van der Waals surface area contributed by atoms with Gasteiger partial charge in [-0.1, -0.05) is 30.3 Å². The lowest BCUT2D eigenvalue weighted by molar-refractivity contribution is -0.124. The highest BCUT2D eigenvalue weighted by Gasteiger charge is 2.48. The lowest BCUT2D eigenvalue weighted by Crippen LogP contribution is -2.56. The maximum atomic E-state index is 12.6. The van der Waals surface area contributed by atoms with E-state index in [2.05, 4.69) is 22.4 Å². The average molecular weight is 353 g/mol. The molecule has 1 amide bonds. The van der Waals surface area contributed by atoms with Gasteiger partial charge in [0.1, 0.15) is 5.01 Å². The fourth-order valence-corrected chi connectivity index (χ4v) is 6.49. The Labute approximate surface area is 152 Å². The van der Waals surface area contributed by atoms with E-state index in [-0.39, 0.29) is 5.91 Å². The van der Waals surface area contributed by atoms with Crippen molar-refractivity contribution < 1.29 is 4.79 Å². The summed E-state index contributed by atoms with van der Waals surface area (Å²) in [7, 11) is 0. The van der Waals surface area contributed by atoms with Crippen LogP contribution in [0.25, 0.3) is 10.6 Å². The van der Waals surface area contributed by atoms with Gasteiger partial charge in [-0.25, -0.2) is 4.98 Å². The van der Waals surface area contributed by atoms with E-state index in [1.807, 2.05) is 23.6 Å².